The number of nitrogens with two attached hydrogens (primary N) is 1. The predicted molar refractivity (Wildman–Crippen MR) is 107 cm³/mol. The Morgan fingerprint density at radius 2 is 1.91 bits per heavy atom. The van der Waals surface area contributed by atoms with Crippen LogP contribution in [0, 0.1) is 22.8 Å². The summed E-state index contributed by atoms with van der Waals surface area (Å²) in [5, 5.41) is 13.9. The van der Waals surface area contributed by atoms with Gasteiger partial charge in [0.2, 0.25) is 5.82 Å². The molecule has 0 spiro atoms. The monoisotopic (exact) mass is 489 g/mol. The number of alkyl halides is 3. The topological polar surface area (TPSA) is 118 Å². The van der Waals surface area contributed by atoms with Gasteiger partial charge in [0.15, 0.2) is 23.4 Å². The molecule has 1 saturated heterocycles. The third-order valence-corrected chi connectivity index (χ3v) is 6.01. The molecular formula is C21H20F5N3O5. The fourth-order valence-corrected chi connectivity index (χ4v) is 4.00. The van der Waals surface area contributed by atoms with Crippen molar-refractivity contribution >= 4 is 17.5 Å². The number of methoxy groups -OCH3 is 1. The second-order valence-electron chi connectivity index (χ2n) is 7.92. The smallest absolute Gasteiger partial charge is 0.417 e. The van der Waals surface area contributed by atoms with Gasteiger partial charge in [-0.15, -0.1) is 0 Å². The summed E-state index contributed by atoms with van der Waals surface area (Å²) in [6, 6.07) is 3.76. The van der Waals surface area contributed by atoms with Gasteiger partial charge < -0.3 is 25.7 Å². The largest absolute Gasteiger partial charge is 0.618 e. The molecule has 1 aliphatic heterocycles. The average Bonchev–Trinajstić information content (AvgIpc) is 3.03. The lowest BCUT2D eigenvalue weighted by Crippen LogP contribution is -2.47. The molecule has 13 heteroatoms. The van der Waals surface area contributed by atoms with Crippen molar-refractivity contribution in [2.45, 2.75) is 37.6 Å². The number of carbonyl (C=O) groups excluding carboxylic acids is 2. The number of ether oxygens (including phenoxy) is 2. The van der Waals surface area contributed by atoms with Crippen LogP contribution in [0.4, 0.5) is 27.6 Å². The number of primary amides is 1. The molecule has 1 aromatic carbocycles. The van der Waals surface area contributed by atoms with Crippen molar-refractivity contribution in [2.75, 3.05) is 12.4 Å². The van der Waals surface area contributed by atoms with E-state index >= 15 is 0 Å². The van der Waals surface area contributed by atoms with E-state index in [1.807, 2.05) is 0 Å². The van der Waals surface area contributed by atoms with Gasteiger partial charge in [0.05, 0.1) is 12.8 Å². The standard InChI is InChI=1S/C21H20F5N3O5/c1-9-14(11-4-5-12(22)15(23)16(11)33-3)17(34-20(9,2)21(24,25)26)19(31)28-10-6-7-29(32)13(8-10)18(27)30/h4-9,14,17H,1-3H3,(H2,27,30)(H,28,31)/t9-,14+,17+,20+/m1/s1. The molecule has 1 fully saturated rings. The van der Waals surface area contributed by atoms with E-state index in [4.69, 9.17) is 15.2 Å². The highest BCUT2D eigenvalue weighted by Gasteiger charge is 2.65. The van der Waals surface area contributed by atoms with Crippen molar-refractivity contribution in [1.29, 1.82) is 0 Å². The number of halogens is 5. The lowest BCUT2D eigenvalue weighted by atomic mass is 9.77. The Bertz CT molecular complexity index is 1140. The Balaban J connectivity index is 2.08. The highest BCUT2D eigenvalue weighted by Crippen LogP contribution is 2.55. The second-order valence-corrected chi connectivity index (χ2v) is 7.92. The number of rotatable bonds is 5. The van der Waals surface area contributed by atoms with Crippen molar-refractivity contribution in [1.82, 2.24) is 0 Å². The first-order valence-electron chi connectivity index (χ1n) is 9.83. The Hall–Kier alpha value is -3.48. The third-order valence-electron chi connectivity index (χ3n) is 6.01. The number of anilines is 1. The van der Waals surface area contributed by atoms with Crippen LogP contribution < -0.4 is 20.5 Å². The van der Waals surface area contributed by atoms with Crippen LogP contribution in [-0.2, 0) is 9.53 Å². The first-order valence-corrected chi connectivity index (χ1v) is 9.83. The molecule has 8 nitrogen and oxygen atoms in total. The first kappa shape index (κ1) is 25.1. The number of aromatic nitrogens is 1. The summed E-state index contributed by atoms with van der Waals surface area (Å²) in [6.07, 6.45) is -5.90. The van der Waals surface area contributed by atoms with Crippen LogP contribution in [-0.4, -0.2) is 36.8 Å². The molecular weight excluding hydrogens is 469 g/mol. The van der Waals surface area contributed by atoms with Crippen LogP contribution in [0.15, 0.2) is 30.5 Å². The maximum Gasteiger partial charge on any atom is 0.417 e. The molecule has 184 valence electrons. The molecule has 0 saturated carbocycles. The van der Waals surface area contributed by atoms with Crippen molar-refractivity contribution in [3.8, 4) is 5.75 Å². The number of carbonyl (C=O) groups is 2. The molecule has 2 aromatic rings. The zero-order valence-electron chi connectivity index (χ0n) is 18.1. The maximum atomic E-state index is 14.4. The molecule has 3 N–H and O–H groups in total. The molecule has 4 atom stereocenters. The number of pyridine rings is 1. The Kier molecular flexibility index (Phi) is 6.44. The van der Waals surface area contributed by atoms with Crippen LogP contribution in [0.1, 0.15) is 35.8 Å². The molecule has 1 aliphatic rings. The van der Waals surface area contributed by atoms with Crippen molar-refractivity contribution in [3.63, 3.8) is 0 Å². The SMILES string of the molecule is COc1c([C@H]2[C@@H](C(=O)Nc3cc[n+]([O-])c(C(N)=O)c3)O[C@](C)(C(F)(F)F)[C@@H]2C)ccc(F)c1F. The maximum absolute atomic E-state index is 14.4. The number of amides is 2. The van der Waals surface area contributed by atoms with E-state index in [9.17, 15) is 36.7 Å². The molecule has 0 bridgehead atoms. The fourth-order valence-electron chi connectivity index (χ4n) is 4.00. The van der Waals surface area contributed by atoms with Crippen molar-refractivity contribution in [3.05, 3.63) is 58.6 Å². The summed E-state index contributed by atoms with van der Waals surface area (Å²) in [7, 11) is 1.01. The number of hydrogen-bond acceptors (Lipinski definition) is 5. The summed E-state index contributed by atoms with van der Waals surface area (Å²) in [5.41, 5.74) is 1.40. The van der Waals surface area contributed by atoms with E-state index < -0.39 is 64.6 Å². The van der Waals surface area contributed by atoms with Crippen LogP contribution in [0.25, 0.3) is 0 Å². The van der Waals surface area contributed by atoms with E-state index in [1.165, 1.54) is 6.92 Å². The molecule has 3 rings (SSSR count). The lowest BCUT2D eigenvalue weighted by molar-refractivity contribution is -0.607. The number of benzene rings is 1. The Labute approximate surface area is 190 Å². The van der Waals surface area contributed by atoms with Gasteiger partial charge >= 0.3 is 12.1 Å². The highest BCUT2D eigenvalue weighted by molar-refractivity contribution is 5.97. The van der Waals surface area contributed by atoms with Gasteiger partial charge in [0.1, 0.15) is 6.10 Å². The van der Waals surface area contributed by atoms with E-state index in [0.717, 1.165) is 38.4 Å². The quantitative estimate of drug-likeness (QED) is 0.381. The van der Waals surface area contributed by atoms with E-state index in [2.05, 4.69) is 5.32 Å². The van der Waals surface area contributed by atoms with E-state index in [1.54, 1.807) is 0 Å². The highest BCUT2D eigenvalue weighted by atomic mass is 19.4. The molecule has 1 aromatic heterocycles. The number of nitrogens with one attached hydrogen (secondary N) is 1. The van der Waals surface area contributed by atoms with Gasteiger partial charge in [-0.25, -0.2) is 4.39 Å². The van der Waals surface area contributed by atoms with Crippen LogP contribution in [0.3, 0.4) is 0 Å². The fraction of sp³-hybridized carbons (Fsp3) is 0.381. The molecule has 0 aliphatic carbocycles. The molecule has 0 radical (unpaired) electrons. The minimum absolute atomic E-state index is 0.126. The van der Waals surface area contributed by atoms with E-state index in [0.29, 0.717) is 6.07 Å². The van der Waals surface area contributed by atoms with Crippen LogP contribution in [0.5, 0.6) is 5.75 Å². The van der Waals surface area contributed by atoms with Gasteiger partial charge in [0, 0.05) is 29.5 Å². The van der Waals surface area contributed by atoms with Gasteiger partial charge in [0.25, 0.3) is 11.6 Å². The molecule has 34 heavy (non-hydrogen) atoms. The predicted octanol–water partition coefficient (Wildman–Crippen LogP) is 2.78. The van der Waals surface area contributed by atoms with Gasteiger partial charge in [-0.3, -0.25) is 9.59 Å². The molecule has 0 unspecified atom stereocenters. The summed E-state index contributed by atoms with van der Waals surface area (Å²) >= 11 is 0. The van der Waals surface area contributed by atoms with Crippen LogP contribution in [0.2, 0.25) is 0 Å². The third kappa shape index (κ3) is 4.11. The summed E-state index contributed by atoms with van der Waals surface area (Å²) in [4.78, 5) is 24.4. The van der Waals surface area contributed by atoms with Gasteiger partial charge in [-0.05, 0) is 13.0 Å². The number of hydrogen-bond donors (Lipinski definition) is 2. The van der Waals surface area contributed by atoms with Gasteiger partial charge in [-0.2, -0.15) is 22.3 Å². The lowest BCUT2D eigenvalue weighted by Gasteiger charge is -2.32. The normalized spacial score (nSPS) is 24.6. The summed E-state index contributed by atoms with van der Waals surface area (Å²) in [6.45, 7) is 1.92. The molecule has 2 amide bonds. The van der Waals surface area contributed by atoms with Gasteiger partial charge in [-0.1, -0.05) is 13.0 Å². The second kappa shape index (κ2) is 8.70. The molecule has 2 heterocycles. The summed E-state index contributed by atoms with van der Waals surface area (Å²) < 4.78 is 80.2. The summed E-state index contributed by atoms with van der Waals surface area (Å²) in [5.74, 6) is -8.43. The Morgan fingerprint density at radius 3 is 2.47 bits per heavy atom. The zero-order chi connectivity index (χ0) is 25.6. The minimum Gasteiger partial charge on any atom is -0.618 e. The average molecular weight is 489 g/mol. The Morgan fingerprint density at radius 1 is 1.26 bits per heavy atom. The van der Waals surface area contributed by atoms with Crippen molar-refractivity contribution in [2.24, 2.45) is 11.7 Å². The first-order chi connectivity index (χ1) is 15.7. The minimum atomic E-state index is -4.93. The zero-order valence-corrected chi connectivity index (χ0v) is 18.1. The van der Waals surface area contributed by atoms with Crippen LogP contribution >= 0.6 is 0 Å². The van der Waals surface area contributed by atoms with Crippen molar-refractivity contribution < 1.29 is 45.7 Å². The number of nitrogens with zero attached hydrogens (tertiary/aromatic N) is 1. The van der Waals surface area contributed by atoms with E-state index in [-0.39, 0.29) is 16.0 Å².